The number of hydrogen-bond donors (Lipinski definition) is 3. The summed E-state index contributed by atoms with van der Waals surface area (Å²) in [6.07, 6.45) is 83.0. The molecule has 0 heterocycles. The number of unbranched alkanes of at least 4 members (excludes halogenated alkanes) is 45. The molecular formula is C69H129NO5. The summed E-state index contributed by atoms with van der Waals surface area (Å²) in [5.74, 6) is -0.0735. The summed E-state index contributed by atoms with van der Waals surface area (Å²) >= 11 is 0. The van der Waals surface area contributed by atoms with E-state index < -0.39 is 12.1 Å². The van der Waals surface area contributed by atoms with Gasteiger partial charge in [0.15, 0.2) is 0 Å². The molecule has 2 atom stereocenters. The Labute approximate surface area is 467 Å². The molecule has 0 bridgehead atoms. The van der Waals surface area contributed by atoms with Crippen molar-refractivity contribution in [3.63, 3.8) is 0 Å². The molecule has 6 heteroatoms. The van der Waals surface area contributed by atoms with E-state index in [1.165, 1.54) is 270 Å². The molecule has 0 saturated heterocycles. The minimum Gasteiger partial charge on any atom is -0.466 e. The minimum atomic E-state index is -0.851. The van der Waals surface area contributed by atoms with E-state index in [9.17, 15) is 19.8 Å². The van der Waals surface area contributed by atoms with E-state index in [2.05, 4.69) is 55.6 Å². The van der Waals surface area contributed by atoms with Gasteiger partial charge in [0.25, 0.3) is 0 Å². The lowest BCUT2D eigenvalue weighted by atomic mass is 10.0. The number of rotatable bonds is 62. The van der Waals surface area contributed by atoms with Crippen LogP contribution in [0.2, 0.25) is 0 Å². The molecule has 75 heavy (non-hydrogen) atoms. The van der Waals surface area contributed by atoms with Gasteiger partial charge in [0, 0.05) is 12.8 Å². The summed E-state index contributed by atoms with van der Waals surface area (Å²) in [6.45, 7) is 4.90. The van der Waals surface area contributed by atoms with E-state index in [-0.39, 0.29) is 18.5 Å². The smallest absolute Gasteiger partial charge is 0.305 e. The first kappa shape index (κ1) is 72.8. The molecule has 0 fully saturated rings. The molecule has 0 rings (SSSR count). The van der Waals surface area contributed by atoms with Crippen molar-refractivity contribution < 1.29 is 24.5 Å². The van der Waals surface area contributed by atoms with Gasteiger partial charge >= 0.3 is 5.97 Å². The van der Waals surface area contributed by atoms with Crippen molar-refractivity contribution in [2.75, 3.05) is 13.2 Å². The van der Waals surface area contributed by atoms with Gasteiger partial charge in [-0.3, -0.25) is 9.59 Å². The van der Waals surface area contributed by atoms with Gasteiger partial charge in [-0.15, -0.1) is 0 Å². The fraction of sp³-hybridized carbons (Fsp3) is 0.855. The molecule has 0 spiro atoms. The molecule has 0 aliphatic heterocycles. The Hall–Kier alpha value is -2.18. The highest BCUT2D eigenvalue weighted by atomic mass is 16.5. The minimum absolute atomic E-state index is 0.000343. The fourth-order valence-corrected chi connectivity index (χ4v) is 10.2. The van der Waals surface area contributed by atoms with Crippen LogP contribution in [0, 0.1) is 0 Å². The lowest BCUT2D eigenvalue weighted by Crippen LogP contribution is -2.45. The number of carbonyl (C=O) groups excluding carboxylic acids is 2. The van der Waals surface area contributed by atoms with Crippen LogP contribution in [-0.4, -0.2) is 47.4 Å². The zero-order chi connectivity index (χ0) is 54.3. The third kappa shape index (κ3) is 60.9. The molecule has 0 aromatic heterocycles. The average molecular weight is 1050 g/mol. The van der Waals surface area contributed by atoms with Gasteiger partial charge < -0.3 is 20.3 Å². The molecule has 1 amide bonds. The number of ether oxygens (including phenoxy) is 1. The van der Waals surface area contributed by atoms with Crippen LogP contribution in [0.3, 0.4) is 0 Å². The second-order valence-corrected chi connectivity index (χ2v) is 22.8. The van der Waals surface area contributed by atoms with Crippen molar-refractivity contribution in [2.24, 2.45) is 0 Å². The number of carbonyl (C=O) groups is 2. The molecule has 440 valence electrons. The van der Waals surface area contributed by atoms with Gasteiger partial charge in [-0.2, -0.15) is 0 Å². The van der Waals surface area contributed by atoms with Crippen LogP contribution in [0.15, 0.2) is 48.6 Å². The third-order valence-electron chi connectivity index (χ3n) is 15.3. The Kier molecular flexibility index (Phi) is 62.5. The molecular weight excluding hydrogens is 923 g/mol. The van der Waals surface area contributed by atoms with Crippen LogP contribution in [0.5, 0.6) is 0 Å². The van der Waals surface area contributed by atoms with E-state index in [4.69, 9.17) is 4.74 Å². The van der Waals surface area contributed by atoms with Crippen LogP contribution in [0.4, 0.5) is 0 Å². The summed E-state index contributed by atoms with van der Waals surface area (Å²) in [5.41, 5.74) is 0. The second-order valence-electron chi connectivity index (χ2n) is 22.8. The van der Waals surface area contributed by atoms with Crippen LogP contribution in [0.1, 0.15) is 354 Å². The number of aliphatic hydroxyl groups excluding tert-OH is 2. The summed E-state index contributed by atoms with van der Waals surface area (Å²) in [6, 6.07) is -0.635. The number of esters is 1. The SMILES string of the molecule is CCCCCC/C=C\C/C=C\CCCCCCCCCC(=O)OCCCCCCCCCCCC/C=C\CCCCCCCCCC(=O)NC(CO)C(O)/C=C/CCCCCCCCCCCCCCCCCCC. The maximum Gasteiger partial charge on any atom is 0.305 e. The highest BCUT2D eigenvalue weighted by Crippen LogP contribution is 2.17. The Morgan fingerprint density at radius 3 is 1.04 bits per heavy atom. The first-order valence-corrected chi connectivity index (χ1v) is 33.4. The maximum absolute atomic E-state index is 12.5. The average Bonchev–Trinajstić information content (AvgIpc) is 3.41. The molecule has 0 saturated carbocycles. The molecule has 3 N–H and O–H groups in total. The molecule has 2 unspecified atom stereocenters. The Bertz CT molecular complexity index is 1260. The standard InChI is InChI=1S/C69H129NO5/c1-3-5-7-9-11-13-15-17-19-21-26-29-33-37-41-45-49-53-57-61-67(72)66(65-71)70-68(73)62-58-54-50-46-42-38-34-30-27-24-23-25-28-32-36-40-44-48-52-56-60-64-75-69(74)63-59-55-51-47-43-39-35-31-22-20-18-16-14-12-10-8-6-4-2/h14,16,20,22,24,27,57,61,66-67,71-72H,3-13,15,17-19,21,23,25-26,28-56,58-60,62-65H2,1-2H3,(H,70,73)/b16-14-,22-20-,27-24-,61-57+. The van der Waals surface area contributed by atoms with Gasteiger partial charge in [-0.25, -0.2) is 0 Å². The Morgan fingerprint density at radius 1 is 0.373 bits per heavy atom. The first-order chi connectivity index (χ1) is 37.0. The predicted molar refractivity (Wildman–Crippen MR) is 329 cm³/mol. The van der Waals surface area contributed by atoms with Crippen molar-refractivity contribution in [3.8, 4) is 0 Å². The topological polar surface area (TPSA) is 95.9 Å². The van der Waals surface area contributed by atoms with E-state index in [1.807, 2.05) is 6.08 Å². The lowest BCUT2D eigenvalue weighted by molar-refractivity contribution is -0.143. The van der Waals surface area contributed by atoms with Gasteiger partial charge in [-0.1, -0.05) is 300 Å². The Morgan fingerprint density at radius 2 is 0.667 bits per heavy atom. The maximum atomic E-state index is 12.5. The highest BCUT2D eigenvalue weighted by molar-refractivity contribution is 5.76. The van der Waals surface area contributed by atoms with Crippen LogP contribution >= 0.6 is 0 Å². The van der Waals surface area contributed by atoms with Gasteiger partial charge in [-0.05, 0) is 89.9 Å². The number of nitrogens with one attached hydrogen (secondary N) is 1. The van der Waals surface area contributed by atoms with Gasteiger partial charge in [0.05, 0.1) is 25.4 Å². The molecule has 6 nitrogen and oxygen atoms in total. The van der Waals surface area contributed by atoms with E-state index in [0.29, 0.717) is 19.4 Å². The number of allylic oxidation sites excluding steroid dienone is 7. The summed E-state index contributed by atoms with van der Waals surface area (Å²) in [5, 5.41) is 23.2. The second kappa shape index (κ2) is 64.3. The van der Waals surface area contributed by atoms with Gasteiger partial charge in [0.2, 0.25) is 5.91 Å². The van der Waals surface area contributed by atoms with Crippen LogP contribution in [0.25, 0.3) is 0 Å². The van der Waals surface area contributed by atoms with E-state index in [1.54, 1.807) is 6.08 Å². The van der Waals surface area contributed by atoms with Crippen molar-refractivity contribution in [1.29, 1.82) is 0 Å². The van der Waals surface area contributed by atoms with Crippen molar-refractivity contribution >= 4 is 11.9 Å². The van der Waals surface area contributed by atoms with Crippen molar-refractivity contribution in [1.82, 2.24) is 5.32 Å². The molecule has 0 aromatic rings. The fourth-order valence-electron chi connectivity index (χ4n) is 10.2. The van der Waals surface area contributed by atoms with Gasteiger partial charge in [0.1, 0.15) is 0 Å². The molecule has 0 radical (unpaired) electrons. The molecule has 0 aromatic carbocycles. The van der Waals surface area contributed by atoms with E-state index in [0.717, 1.165) is 57.8 Å². The monoisotopic (exact) mass is 1050 g/mol. The number of amides is 1. The normalized spacial score (nSPS) is 12.9. The van der Waals surface area contributed by atoms with Crippen LogP contribution in [-0.2, 0) is 14.3 Å². The predicted octanol–water partition coefficient (Wildman–Crippen LogP) is 21.3. The summed E-state index contributed by atoms with van der Waals surface area (Å²) < 4.78 is 5.49. The highest BCUT2D eigenvalue weighted by Gasteiger charge is 2.18. The summed E-state index contributed by atoms with van der Waals surface area (Å²) in [7, 11) is 0. The number of hydrogen-bond acceptors (Lipinski definition) is 5. The van der Waals surface area contributed by atoms with Crippen molar-refractivity contribution in [3.05, 3.63) is 48.6 Å². The largest absolute Gasteiger partial charge is 0.466 e. The number of aliphatic hydroxyl groups is 2. The van der Waals surface area contributed by atoms with Crippen LogP contribution < -0.4 is 5.32 Å². The molecule has 0 aliphatic carbocycles. The lowest BCUT2D eigenvalue weighted by Gasteiger charge is -2.20. The quantitative estimate of drug-likeness (QED) is 0.0320. The molecule has 0 aliphatic rings. The summed E-state index contributed by atoms with van der Waals surface area (Å²) in [4.78, 5) is 24.6. The zero-order valence-electron chi connectivity index (χ0n) is 50.3. The zero-order valence-corrected chi connectivity index (χ0v) is 50.3. The first-order valence-electron chi connectivity index (χ1n) is 33.4. The van der Waals surface area contributed by atoms with Crippen molar-refractivity contribution in [2.45, 2.75) is 366 Å². The van der Waals surface area contributed by atoms with E-state index >= 15 is 0 Å². The Balaban J connectivity index is 3.45. The third-order valence-corrected chi connectivity index (χ3v) is 15.3.